The largest absolute Gasteiger partial charge is 0.336 e. The Hall–Kier alpha value is -3.39. The number of nitrogens with zero attached hydrogens (tertiary/aromatic N) is 3. The fraction of sp³-hybridized carbons (Fsp3) is 0.450. The fourth-order valence-corrected chi connectivity index (χ4v) is 3.81. The van der Waals surface area contributed by atoms with Crippen molar-refractivity contribution in [3.05, 3.63) is 35.4 Å². The van der Waals surface area contributed by atoms with Crippen LogP contribution in [0.5, 0.6) is 0 Å². The first kappa shape index (κ1) is 19.4. The molecule has 2 N–H and O–H groups in total. The highest BCUT2D eigenvalue weighted by Crippen LogP contribution is 2.30. The monoisotopic (exact) mass is 379 g/mol. The number of carbonyl (C=O) groups excluding carboxylic acids is 3. The maximum Gasteiger partial charge on any atom is 0.325 e. The molecular weight excluding hydrogens is 358 g/mol. The summed E-state index contributed by atoms with van der Waals surface area (Å²) in [6.07, 6.45) is 3.85. The van der Waals surface area contributed by atoms with Crippen LogP contribution < -0.4 is 10.6 Å². The molecule has 144 valence electrons. The molecule has 1 saturated heterocycles. The van der Waals surface area contributed by atoms with Crippen LogP contribution in [-0.2, 0) is 15.1 Å². The van der Waals surface area contributed by atoms with Gasteiger partial charge in [-0.15, -0.1) is 0 Å². The first-order valence-electron chi connectivity index (χ1n) is 9.21. The summed E-state index contributed by atoms with van der Waals surface area (Å²) in [7, 11) is 0. The summed E-state index contributed by atoms with van der Waals surface area (Å²) in [5, 5.41) is 23.9. The summed E-state index contributed by atoms with van der Waals surface area (Å²) < 4.78 is 0. The van der Waals surface area contributed by atoms with E-state index in [4.69, 9.17) is 5.26 Å². The number of nitrogens with one attached hydrogen (secondary N) is 2. The van der Waals surface area contributed by atoms with Crippen LogP contribution in [0.1, 0.15) is 50.2 Å². The summed E-state index contributed by atoms with van der Waals surface area (Å²) in [5.41, 5.74) is -1.46. The highest BCUT2D eigenvalue weighted by atomic mass is 16.2. The highest BCUT2D eigenvalue weighted by molar-refractivity contribution is 6.09. The molecule has 1 aromatic carbocycles. The van der Waals surface area contributed by atoms with Gasteiger partial charge in [0, 0.05) is 0 Å². The Morgan fingerprint density at radius 1 is 1.25 bits per heavy atom. The molecule has 0 aromatic heterocycles. The van der Waals surface area contributed by atoms with Crippen molar-refractivity contribution < 1.29 is 14.4 Å². The van der Waals surface area contributed by atoms with E-state index >= 15 is 0 Å². The van der Waals surface area contributed by atoms with Crippen LogP contribution in [0, 0.1) is 22.7 Å². The third-order valence-corrected chi connectivity index (χ3v) is 5.45. The molecule has 28 heavy (non-hydrogen) atoms. The van der Waals surface area contributed by atoms with E-state index in [2.05, 4.69) is 16.7 Å². The minimum Gasteiger partial charge on any atom is -0.336 e. The minimum absolute atomic E-state index is 0.366. The van der Waals surface area contributed by atoms with Gasteiger partial charge in [0.15, 0.2) is 0 Å². The van der Waals surface area contributed by atoms with Crippen LogP contribution in [0.15, 0.2) is 24.3 Å². The summed E-state index contributed by atoms with van der Waals surface area (Å²) >= 11 is 0. The van der Waals surface area contributed by atoms with Crippen molar-refractivity contribution in [3.8, 4) is 12.1 Å². The molecule has 1 saturated carbocycles. The van der Waals surface area contributed by atoms with E-state index in [-0.39, 0.29) is 0 Å². The molecule has 1 aliphatic heterocycles. The predicted molar refractivity (Wildman–Crippen MR) is 98.3 cm³/mol. The lowest BCUT2D eigenvalue weighted by atomic mass is 9.83. The van der Waals surface area contributed by atoms with Crippen LogP contribution in [-0.4, -0.2) is 34.8 Å². The number of hydrogen-bond donors (Lipinski definition) is 2. The van der Waals surface area contributed by atoms with E-state index in [1.54, 1.807) is 25.1 Å². The van der Waals surface area contributed by atoms with Crippen LogP contribution in [0.2, 0.25) is 0 Å². The molecule has 2 aliphatic rings. The third-order valence-electron chi connectivity index (χ3n) is 5.45. The minimum atomic E-state index is -1.36. The summed E-state index contributed by atoms with van der Waals surface area (Å²) in [6.45, 7) is 1.08. The molecule has 2 fully saturated rings. The van der Waals surface area contributed by atoms with Gasteiger partial charge in [0.2, 0.25) is 5.91 Å². The first-order chi connectivity index (χ1) is 13.3. The van der Waals surface area contributed by atoms with Gasteiger partial charge in [-0.25, -0.2) is 4.79 Å². The Morgan fingerprint density at radius 3 is 2.61 bits per heavy atom. The van der Waals surface area contributed by atoms with Gasteiger partial charge in [0.1, 0.15) is 17.6 Å². The van der Waals surface area contributed by atoms with E-state index in [0.717, 1.165) is 24.2 Å². The molecule has 1 aliphatic carbocycles. The van der Waals surface area contributed by atoms with Crippen LogP contribution in [0.3, 0.4) is 0 Å². The molecule has 1 atom stereocenters. The number of benzene rings is 1. The zero-order chi connectivity index (χ0) is 20.4. The van der Waals surface area contributed by atoms with E-state index in [0.29, 0.717) is 24.0 Å². The molecule has 8 heteroatoms. The summed E-state index contributed by atoms with van der Waals surface area (Å²) in [4.78, 5) is 38.7. The van der Waals surface area contributed by atoms with Gasteiger partial charge in [-0.05, 0) is 37.5 Å². The molecule has 0 spiro atoms. The van der Waals surface area contributed by atoms with Crippen molar-refractivity contribution in [2.45, 2.75) is 50.1 Å². The Kier molecular flexibility index (Phi) is 5.06. The number of carbonyl (C=O) groups is 3. The van der Waals surface area contributed by atoms with Gasteiger partial charge >= 0.3 is 6.03 Å². The molecular formula is C20H21N5O3. The molecule has 0 unspecified atom stereocenters. The molecule has 1 aromatic rings. The standard InChI is InChI=1S/C20H21N5O3/c1-19(15-7-5-6-14(10-15)11-21)17(27)25(18(28)24-19)12-16(26)23-20(13-22)8-3-2-4-9-20/h5-7,10H,2-4,8-9,12H2,1H3,(H,23,26)(H,24,28)/t19-/m1/s1. The second kappa shape index (κ2) is 7.32. The molecule has 0 radical (unpaired) electrons. The number of rotatable bonds is 4. The van der Waals surface area contributed by atoms with Gasteiger partial charge < -0.3 is 10.6 Å². The van der Waals surface area contributed by atoms with Crippen molar-refractivity contribution >= 4 is 17.8 Å². The van der Waals surface area contributed by atoms with E-state index < -0.39 is 35.5 Å². The molecule has 8 nitrogen and oxygen atoms in total. The van der Waals surface area contributed by atoms with E-state index in [1.165, 1.54) is 6.07 Å². The second-order valence-corrected chi connectivity index (χ2v) is 7.44. The van der Waals surface area contributed by atoms with Gasteiger partial charge in [0.05, 0.1) is 17.7 Å². The van der Waals surface area contributed by atoms with Gasteiger partial charge in [-0.2, -0.15) is 10.5 Å². The maximum atomic E-state index is 12.9. The molecule has 3 rings (SSSR count). The number of hydrogen-bond acceptors (Lipinski definition) is 5. The Morgan fingerprint density at radius 2 is 1.96 bits per heavy atom. The van der Waals surface area contributed by atoms with Crippen LogP contribution >= 0.6 is 0 Å². The number of imide groups is 1. The third kappa shape index (κ3) is 3.41. The van der Waals surface area contributed by atoms with Crippen molar-refractivity contribution in [2.75, 3.05) is 6.54 Å². The second-order valence-electron chi connectivity index (χ2n) is 7.44. The lowest BCUT2D eigenvalue weighted by Gasteiger charge is -2.32. The molecule has 4 amide bonds. The summed E-state index contributed by atoms with van der Waals surface area (Å²) in [5.74, 6) is -1.11. The smallest absolute Gasteiger partial charge is 0.325 e. The summed E-state index contributed by atoms with van der Waals surface area (Å²) in [6, 6.07) is 9.92. The van der Waals surface area contributed by atoms with Crippen molar-refractivity contribution in [2.24, 2.45) is 0 Å². The lowest BCUT2D eigenvalue weighted by molar-refractivity contribution is -0.135. The van der Waals surface area contributed by atoms with Crippen LogP contribution in [0.4, 0.5) is 4.79 Å². The normalized spacial score (nSPS) is 23.5. The molecule has 1 heterocycles. The first-order valence-corrected chi connectivity index (χ1v) is 9.21. The topological polar surface area (TPSA) is 126 Å². The van der Waals surface area contributed by atoms with E-state index in [9.17, 15) is 19.6 Å². The number of nitriles is 2. The Labute approximate surface area is 163 Å². The number of urea groups is 1. The average molecular weight is 379 g/mol. The van der Waals surface area contributed by atoms with Gasteiger partial charge in [-0.1, -0.05) is 31.4 Å². The van der Waals surface area contributed by atoms with Gasteiger partial charge in [0.25, 0.3) is 5.91 Å². The lowest BCUT2D eigenvalue weighted by Crippen LogP contribution is -2.52. The van der Waals surface area contributed by atoms with Gasteiger partial charge in [-0.3, -0.25) is 14.5 Å². The fourth-order valence-electron chi connectivity index (χ4n) is 3.81. The Bertz CT molecular complexity index is 907. The SMILES string of the molecule is C[C@]1(c2cccc(C#N)c2)NC(=O)N(CC(=O)NC2(C#N)CCCCC2)C1=O. The molecule has 0 bridgehead atoms. The van der Waals surface area contributed by atoms with Crippen molar-refractivity contribution in [1.29, 1.82) is 10.5 Å². The Balaban J connectivity index is 1.76. The van der Waals surface area contributed by atoms with Crippen LogP contribution in [0.25, 0.3) is 0 Å². The quantitative estimate of drug-likeness (QED) is 0.770. The van der Waals surface area contributed by atoms with Crippen molar-refractivity contribution in [1.82, 2.24) is 15.5 Å². The predicted octanol–water partition coefficient (Wildman–Crippen LogP) is 1.67. The van der Waals surface area contributed by atoms with E-state index in [1.807, 2.05) is 6.07 Å². The number of amides is 4. The zero-order valence-electron chi connectivity index (χ0n) is 15.6. The van der Waals surface area contributed by atoms with Crippen molar-refractivity contribution in [3.63, 3.8) is 0 Å². The zero-order valence-corrected chi connectivity index (χ0v) is 15.6. The highest BCUT2D eigenvalue weighted by Gasteiger charge is 2.50. The maximum absolute atomic E-state index is 12.9. The average Bonchev–Trinajstić information content (AvgIpc) is 2.92.